The summed E-state index contributed by atoms with van der Waals surface area (Å²) >= 11 is 0. The highest BCUT2D eigenvalue weighted by Gasteiger charge is 2.14. The van der Waals surface area contributed by atoms with Gasteiger partial charge in [-0.05, 0) is 25.6 Å². The van der Waals surface area contributed by atoms with Crippen molar-refractivity contribution in [1.82, 2.24) is 14.6 Å². The van der Waals surface area contributed by atoms with Gasteiger partial charge in [-0.3, -0.25) is 9.69 Å². The smallest absolute Gasteiger partial charge is 0.234 e. The molecule has 0 saturated heterocycles. The number of fused-ring (bicyclic) bond motifs is 1. The van der Waals surface area contributed by atoms with Crippen molar-refractivity contribution >= 4 is 11.4 Å². The summed E-state index contributed by atoms with van der Waals surface area (Å²) in [6.07, 6.45) is 3.90. The van der Waals surface area contributed by atoms with Gasteiger partial charge in [0.2, 0.25) is 5.91 Å². The molecule has 0 aliphatic carbocycles. The molecular formula is C16H20N4O. The van der Waals surface area contributed by atoms with Crippen LogP contribution < -0.4 is 5.32 Å². The maximum Gasteiger partial charge on any atom is 0.234 e. The van der Waals surface area contributed by atoms with Crippen LogP contribution in [0.2, 0.25) is 0 Å². The standard InChI is InChI=1S/C16H20N4O/c1-3-18-16(21)12-19(4-2)10-13-11-20-8-6-5-7-15(20)14(13)9-17/h5-8,11H,3-4,10,12H2,1-2H3,(H,18,21). The molecule has 0 saturated carbocycles. The fourth-order valence-electron chi connectivity index (χ4n) is 2.40. The second-order valence-electron chi connectivity index (χ2n) is 4.89. The van der Waals surface area contributed by atoms with Crippen LogP contribution in [0.5, 0.6) is 0 Å². The van der Waals surface area contributed by atoms with E-state index in [-0.39, 0.29) is 5.91 Å². The van der Waals surface area contributed by atoms with Crippen molar-refractivity contribution in [3.63, 3.8) is 0 Å². The van der Waals surface area contributed by atoms with Crippen molar-refractivity contribution in [2.75, 3.05) is 19.6 Å². The van der Waals surface area contributed by atoms with Crippen LogP contribution in [0.25, 0.3) is 5.52 Å². The number of hydrogen-bond donors (Lipinski definition) is 1. The van der Waals surface area contributed by atoms with Crippen molar-refractivity contribution in [2.45, 2.75) is 20.4 Å². The van der Waals surface area contributed by atoms with E-state index in [9.17, 15) is 10.1 Å². The lowest BCUT2D eigenvalue weighted by atomic mass is 10.1. The molecule has 0 unspecified atom stereocenters. The minimum Gasteiger partial charge on any atom is -0.355 e. The van der Waals surface area contributed by atoms with Crippen LogP contribution in [0.3, 0.4) is 0 Å². The van der Waals surface area contributed by atoms with Crippen molar-refractivity contribution in [3.8, 4) is 6.07 Å². The summed E-state index contributed by atoms with van der Waals surface area (Å²) in [4.78, 5) is 13.7. The third kappa shape index (κ3) is 3.41. The first-order chi connectivity index (χ1) is 10.2. The zero-order chi connectivity index (χ0) is 15.2. The lowest BCUT2D eigenvalue weighted by Crippen LogP contribution is -2.36. The molecule has 0 radical (unpaired) electrons. The molecule has 5 heteroatoms. The summed E-state index contributed by atoms with van der Waals surface area (Å²) in [7, 11) is 0. The molecule has 1 N–H and O–H groups in total. The number of hydrogen-bond acceptors (Lipinski definition) is 3. The van der Waals surface area contributed by atoms with E-state index in [2.05, 4.69) is 11.4 Å². The van der Waals surface area contributed by atoms with Gasteiger partial charge in [0.1, 0.15) is 6.07 Å². The number of nitrogens with zero attached hydrogens (tertiary/aromatic N) is 3. The molecule has 0 fully saturated rings. The number of nitrogens with one attached hydrogen (secondary N) is 1. The Morgan fingerprint density at radius 2 is 2.24 bits per heavy atom. The third-order valence-corrected chi connectivity index (χ3v) is 3.46. The highest BCUT2D eigenvalue weighted by Crippen LogP contribution is 2.19. The molecule has 21 heavy (non-hydrogen) atoms. The first-order valence-corrected chi connectivity index (χ1v) is 7.17. The van der Waals surface area contributed by atoms with Crippen LogP contribution in [0, 0.1) is 11.3 Å². The van der Waals surface area contributed by atoms with E-state index < -0.39 is 0 Å². The average molecular weight is 284 g/mol. The summed E-state index contributed by atoms with van der Waals surface area (Å²) in [5, 5.41) is 12.2. The molecule has 0 spiro atoms. The Morgan fingerprint density at radius 3 is 2.90 bits per heavy atom. The van der Waals surface area contributed by atoms with Crippen LogP contribution in [0.15, 0.2) is 30.6 Å². The molecule has 2 aromatic heterocycles. The number of carbonyl (C=O) groups excluding carboxylic acids is 1. The van der Waals surface area contributed by atoms with E-state index >= 15 is 0 Å². The zero-order valence-electron chi connectivity index (χ0n) is 12.5. The Balaban J connectivity index is 2.21. The average Bonchev–Trinajstić information content (AvgIpc) is 2.83. The van der Waals surface area contributed by atoms with Crippen molar-refractivity contribution < 1.29 is 4.79 Å². The van der Waals surface area contributed by atoms with E-state index in [0.717, 1.165) is 17.6 Å². The molecule has 0 atom stereocenters. The van der Waals surface area contributed by atoms with Gasteiger partial charge in [-0.2, -0.15) is 5.26 Å². The molecule has 0 aliphatic heterocycles. The maximum atomic E-state index is 11.7. The predicted octanol–water partition coefficient (Wildman–Crippen LogP) is 1.77. The van der Waals surface area contributed by atoms with Crippen LogP contribution >= 0.6 is 0 Å². The van der Waals surface area contributed by atoms with Crippen LogP contribution in [0.1, 0.15) is 25.0 Å². The summed E-state index contributed by atoms with van der Waals surface area (Å²) in [5.74, 6) is 0.0154. The van der Waals surface area contributed by atoms with E-state index in [4.69, 9.17) is 0 Å². The number of nitriles is 1. The van der Waals surface area contributed by atoms with E-state index in [1.807, 2.05) is 53.7 Å². The number of aromatic nitrogens is 1. The summed E-state index contributed by atoms with van der Waals surface area (Å²) in [5.41, 5.74) is 2.55. The zero-order valence-corrected chi connectivity index (χ0v) is 12.5. The molecule has 2 aromatic rings. The molecule has 0 aliphatic rings. The maximum absolute atomic E-state index is 11.7. The predicted molar refractivity (Wildman–Crippen MR) is 81.7 cm³/mol. The number of amides is 1. The highest BCUT2D eigenvalue weighted by molar-refractivity contribution is 5.78. The van der Waals surface area contributed by atoms with Gasteiger partial charge in [-0.15, -0.1) is 0 Å². The Hall–Kier alpha value is -2.32. The molecule has 1 amide bonds. The Morgan fingerprint density at radius 1 is 1.43 bits per heavy atom. The van der Waals surface area contributed by atoms with Gasteiger partial charge in [0.15, 0.2) is 0 Å². The van der Waals surface area contributed by atoms with E-state index in [0.29, 0.717) is 25.2 Å². The number of carbonyl (C=O) groups is 1. The Bertz CT molecular complexity index is 668. The number of likely N-dealkylation sites (N-methyl/N-ethyl adjacent to an activating group) is 2. The minimum absolute atomic E-state index is 0.0154. The normalized spacial score (nSPS) is 10.8. The minimum atomic E-state index is 0.0154. The van der Waals surface area contributed by atoms with Gasteiger partial charge in [-0.1, -0.05) is 13.0 Å². The monoisotopic (exact) mass is 284 g/mol. The molecule has 0 aromatic carbocycles. The lowest BCUT2D eigenvalue weighted by molar-refractivity contribution is -0.122. The lowest BCUT2D eigenvalue weighted by Gasteiger charge is -2.19. The quantitative estimate of drug-likeness (QED) is 0.879. The molecular weight excluding hydrogens is 264 g/mol. The van der Waals surface area contributed by atoms with E-state index in [1.165, 1.54) is 0 Å². The summed E-state index contributed by atoms with van der Waals surface area (Å²) in [6.45, 7) is 6.26. The fourth-order valence-corrected chi connectivity index (χ4v) is 2.40. The van der Waals surface area contributed by atoms with Gasteiger partial charge < -0.3 is 9.72 Å². The van der Waals surface area contributed by atoms with Crippen LogP contribution in [-0.4, -0.2) is 34.8 Å². The van der Waals surface area contributed by atoms with E-state index in [1.54, 1.807) is 0 Å². The fraction of sp³-hybridized carbons (Fsp3) is 0.375. The Labute approximate surface area is 124 Å². The van der Waals surface area contributed by atoms with Crippen molar-refractivity contribution in [3.05, 3.63) is 41.7 Å². The molecule has 2 rings (SSSR count). The largest absolute Gasteiger partial charge is 0.355 e. The van der Waals surface area contributed by atoms with Crippen LogP contribution in [-0.2, 0) is 11.3 Å². The highest BCUT2D eigenvalue weighted by atomic mass is 16.2. The third-order valence-electron chi connectivity index (χ3n) is 3.46. The first kappa shape index (κ1) is 15.1. The molecule has 110 valence electrons. The van der Waals surface area contributed by atoms with Crippen molar-refractivity contribution in [1.29, 1.82) is 5.26 Å². The van der Waals surface area contributed by atoms with Crippen LogP contribution in [0.4, 0.5) is 0 Å². The first-order valence-electron chi connectivity index (χ1n) is 7.17. The second-order valence-corrected chi connectivity index (χ2v) is 4.89. The SMILES string of the molecule is CCNC(=O)CN(CC)Cc1cn2ccccc2c1C#N. The van der Waals surface area contributed by atoms with Crippen molar-refractivity contribution in [2.24, 2.45) is 0 Å². The number of rotatable bonds is 6. The topological polar surface area (TPSA) is 60.5 Å². The second kappa shape index (κ2) is 6.91. The molecule has 5 nitrogen and oxygen atoms in total. The van der Waals surface area contributed by atoms with Gasteiger partial charge in [0, 0.05) is 31.0 Å². The summed E-state index contributed by atoms with van der Waals surface area (Å²) < 4.78 is 1.95. The molecule has 2 heterocycles. The van der Waals surface area contributed by atoms with Gasteiger partial charge in [0.25, 0.3) is 0 Å². The van der Waals surface area contributed by atoms with Gasteiger partial charge in [0.05, 0.1) is 17.6 Å². The van der Waals surface area contributed by atoms with Gasteiger partial charge in [-0.25, -0.2) is 0 Å². The van der Waals surface area contributed by atoms with Gasteiger partial charge >= 0.3 is 0 Å². The summed E-state index contributed by atoms with van der Waals surface area (Å²) in [6, 6.07) is 8.07. The Kier molecular flexibility index (Phi) is 4.96. The number of pyridine rings is 1. The molecule has 0 bridgehead atoms.